The molecule has 2 rings (SSSR count). The van der Waals surface area contributed by atoms with E-state index in [1.54, 1.807) is 6.92 Å². The van der Waals surface area contributed by atoms with Gasteiger partial charge in [-0.3, -0.25) is 4.79 Å². The lowest BCUT2D eigenvalue weighted by molar-refractivity contribution is -0.114. The monoisotopic (exact) mass is 280 g/mol. The molecule has 0 spiro atoms. The van der Waals surface area contributed by atoms with E-state index in [1.165, 1.54) is 12.5 Å². The largest absolute Gasteiger partial charge is 0.512 e. The van der Waals surface area contributed by atoms with E-state index in [1.807, 2.05) is 61.5 Å². The van der Waals surface area contributed by atoms with Gasteiger partial charge in [-0.15, -0.1) is 0 Å². The summed E-state index contributed by atoms with van der Waals surface area (Å²) >= 11 is 0. The molecule has 0 aliphatic heterocycles. The third-order valence-electron chi connectivity index (χ3n) is 3.60. The van der Waals surface area contributed by atoms with E-state index in [0.29, 0.717) is 5.57 Å². The van der Waals surface area contributed by atoms with Gasteiger partial charge in [-0.2, -0.15) is 0 Å². The third kappa shape index (κ3) is 3.40. The number of hydrogen-bond acceptors (Lipinski definition) is 2. The molecule has 1 atom stereocenters. The van der Waals surface area contributed by atoms with Crippen molar-refractivity contribution in [1.82, 2.24) is 0 Å². The molecule has 0 heterocycles. The number of aryl methyl sites for hydroxylation is 1. The molecule has 0 fully saturated rings. The van der Waals surface area contributed by atoms with E-state index in [9.17, 15) is 9.90 Å². The van der Waals surface area contributed by atoms with Crippen LogP contribution in [0.5, 0.6) is 0 Å². The normalized spacial score (nSPS) is 13.5. The molecule has 0 amide bonds. The maximum absolute atomic E-state index is 12.0. The van der Waals surface area contributed by atoms with Gasteiger partial charge in [0.25, 0.3) is 0 Å². The molecule has 0 unspecified atom stereocenters. The highest BCUT2D eigenvalue weighted by Gasteiger charge is 2.24. The Labute approximate surface area is 125 Å². The molecular formula is C19H20O2. The van der Waals surface area contributed by atoms with Crippen molar-refractivity contribution in [1.29, 1.82) is 0 Å². The molecule has 2 nitrogen and oxygen atoms in total. The summed E-state index contributed by atoms with van der Waals surface area (Å²) in [6, 6.07) is 17.9. The zero-order valence-corrected chi connectivity index (χ0v) is 12.6. The summed E-state index contributed by atoms with van der Waals surface area (Å²) in [6.45, 7) is 5.10. The number of Topliss-reactive ketones (excluding diaryl/α,β-unsaturated/α-hetero) is 1. The second-order valence-corrected chi connectivity index (χ2v) is 5.31. The smallest absolute Gasteiger partial charge is 0.160 e. The molecule has 2 aromatic rings. The van der Waals surface area contributed by atoms with E-state index in [4.69, 9.17) is 0 Å². The summed E-state index contributed by atoms with van der Waals surface area (Å²) in [6.07, 6.45) is 0. The van der Waals surface area contributed by atoms with Crippen LogP contribution in [0.15, 0.2) is 65.9 Å². The van der Waals surface area contributed by atoms with Crippen LogP contribution in [0.1, 0.15) is 36.5 Å². The van der Waals surface area contributed by atoms with Gasteiger partial charge in [-0.1, -0.05) is 60.2 Å². The molecule has 2 heteroatoms. The Balaban J connectivity index is 2.63. The highest BCUT2D eigenvalue weighted by atomic mass is 16.3. The van der Waals surface area contributed by atoms with E-state index >= 15 is 0 Å². The van der Waals surface area contributed by atoms with E-state index in [-0.39, 0.29) is 17.5 Å². The van der Waals surface area contributed by atoms with Crippen LogP contribution in [0.2, 0.25) is 0 Å². The van der Waals surface area contributed by atoms with Crippen molar-refractivity contribution in [2.75, 3.05) is 0 Å². The van der Waals surface area contributed by atoms with Crippen LogP contribution in [-0.4, -0.2) is 10.9 Å². The Hall–Kier alpha value is -2.35. The maximum atomic E-state index is 12.0. The first-order valence-corrected chi connectivity index (χ1v) is 7.03. The minimum atomic E-state index is -0.241. The molecule has 0 saturated heterocycles. The van der Waals surface area contributed by atoms with Crippen molar-refractivity contribution in [3.63, 3.8) is 0 Å². The SMILES string of the molecule is CC(=O)/C(=C(/C)O)[C@H](c1ccccc1)c1ccc(C)cc1. The summed E-state index contributed by atoms with van der Waals surface area (Å²) in [5, 5.41) is 9.99. The minimum absolute atomic E-state index is 0.0805. The third-order valence-corrected chi connectivity index (χ3v) is 3.60. The van der Waals surface area contributed by atoms with Crippen molar-refractivity contribution < 1.29 is 9.90 Å². The molecule has 0 bridgehead atoms. The Morgan fingerprint density at radius 2 is 1.43 bits per heavy atom. The van der Waals surface area contributed by atoms with Crippen LogP contribution < -0.4 is 0 Å². The number of carbonyl (C=O) groups excluding carboxylic acids is 1. The average Bonchev–Trinajstić information content (AvgIpc) is 2.46. The number of rotatable bonds is 4. The molecule has 108 valence electrons. The zero-order chi connectivity index (χ0) is 15.4. The van der Waals surface area contributed by atoms with Crippen LogP contribution >= 0.6 is 0 Å². The van der Waals surface area contributed by atoms with Crippen molar-refractivity contribution >= 4 is 5.78 Å². The minimum Gasteiger partial charge on any atom is -0.512 e. The average molecular weight is 280 g/mol. The first-order chi connectivity index (χ1) is 10.0. The summed E-state index contributed by atoms with van der Waals surface area (Å²) in [4.78, 5) is 12.0. The van der Waals surface area contributed by atoms with Gasteiger partial charge >= 0.3 is 0 Å². The van der Waals surface area contributed by atoms with Crippen LogP contribution in [0.25, 0.3) is 0 Å². The highest BCUT2D eigenvalue weighted by Crippen LogP contribution is 2.33. The molecule has 1 N–H and O–H groups in total. The number of allylic oxidation sites excluding steroid dienone is 2. The molecule has 0 saturated carbocycles. The van der Waals surface area contributed by atoms with Gasteiger partial charge in [0, 0.05) is 11.5 Å². The first kappa shape index (κ1) is 15.0. The lowest BCUT2D eigenvalue weighted by Crippen LogP contribution is -2.13. The summed E-state index contributed by atoms with van der Waals surface area (Å²) in [5.74, 6) is -0.268. The van der Waals surface area contributed by atoms with Crippen molar-refractivity contribution in [2.24, 2.45) is 0 Å². The number of carbonyl (C=O) groups is 1. The second-order valence-electron chi connectivity index (χ2n) is 5.31. The van der Waals surface area contributed by atoms with Gasteiger partial charge < -0.3 is 5.11 Å². The Morgan fingerprint density at radius 1 is 0.905 bits per heavy atom. The number of ketones is 1. The molecular weight excluding hydrogens is 260 g/mol. The van der Waals surface area contributed by atoms with Crippen LogP contribution in [0, 0.1) is 6.92 Å². The van der Waals surface area contributed by atoms with Crippen molar-refractivity contribution in [2.45, 2.75) is 26.7 Å². The molecule has 0 aliphatic rings. The number of aliphatic hydroxyl groups is 1. The quantitative estimate of drug-likeness (QED) is 0.659. The molecule has 2 aromatic carbocycles. The molecule has 0 radical (unpaired) electrons. The van der Waals surface area contributed by atoms with Gasteiger partial charge in [0.15, 0.2) is 5.78 Å². The van der Waals surface area contributed by atoms with Crippen molar-refractivity contribution in [3.8, 4) is 0 Å². The molecule has 0 aromatic heterocycles. The standard InChI is InChI=1S/C19H20O2/c1-13-9-11-17(12-10-13)19(16-7-5-4-6-8-16)18(14(2)20)15(3)21/h4-12,19-20H,1-3H3/b18-14+/t19-/m1/s1. The van der Waals surface area contributed by atoms with Crippen LogP contribution in [0.4, 0.5) is 0 Å². The first-order valence-electron chi connectivity index (χ1n) is 7.03. The van der Waals surface area contributed by atoms with Gasteiger partial charge in [0.05, 0.1) is 5.76 Å². The Morgan fingerprint density at radius 3 is 1.90 bits per heavy atom. The molecule has 0 aliphatic carbocycles. The van der Waals surface area contributed by atoms with E-state index < -0.39 is 0 Å². The topological polar surface area (TPSA) is 37.3 Å². The van der Waals surface area contributed by atoms with E-state index in [2.05, 4.69) is 0 Å². The fourth-order valence-electron chi connectivity index (χ4n) is 2.60. The van der Waals surface area contributed by atoms with Gasteiger partial charge in [0.1, 0.15) is 0 Å². The lowest BCUT2D eigenvalue weighted by Gasteiger charge is -2.21. The van der Waals surface area contributed by atoms with Crippen LogP contribution in [0.3, 0.4) is 0 Å². The predicted octanol–water partition coefficient (Wildman–Crippen LogP) is 4.55. The fourth-order valence-corrected chi connectivity index (χ4v) is 2.60. The number of aliphatic hydroxyl groups excluding tert-OH is 1. The summed E-state index contributed by atoms with van der Waals surface area (Å²) in [5.41, 5.74) is 3.62. The number of hydrogen-bond donors (Lipinski definition) is 1. The Bertz CT molecular complexity index is 648. The number of benzene rings is 2. The second kappa shape index (κ2) is 6.40. The maximum Gasteiger partial charge on any atom is 0.160 e. The van der Waals surface area contributed by atoms with Gasteiger partial charge in [0.2, 0.25) is 0 Å². The van der Waals surface area contributed by atoms with Gasteiger partial charge in [-0.05, 0) is 31.9 Å². The predicted molar refractivity (Wildman–Crippen MR) is 85.5 cm³/mol. The lowest BCUT2D eigenvalue weighted by atomic mass is 9.82. The van der Waals surface area contributed by atoms with Crippen LogP contribution in [-0.2, 0) is 4.79 Å². The van der Waals surface area contributed by atoms with Gasteiger partial charge in [-0.25, -0.2) is 0 Å². The fraction of sp³-hybridized carbons (Fsp3) is 0.211. The highest BCUT2D eigenvalue weighted by molar-refractivity contribution is 5.96. The Kier molecular flexibility index (Phi) is 4.59. The van der Waals surface area contributed by atoms with E-state index in [0.717, 1.165) is 11.1 Å². The molecule has 21 heavy (non-hydrogen) atoms. The summed E-state index contributed by atoms with van der Waals surface area (Å²) < 4.78 is 0. The zero-order valence-electron chi connectivity index (χ0n) is 12.6. The van der Waals surface area contributed by atoms with Crippen molar-refractivity contribution in [3.05, 3.63) is 82.6 Å². The summed E-state index contributed by atoms with van der Waals surface area (Å²) in [7, 11) is 0.